The molecular weight excluding hydrogens is 224 g/mol. The van der Waals surface area contributed by atoms with Crippen molar-refractivity contribution in [3.05, 3.63) is 24.2 Å². The third-order valence-electron chi connectivity index (χ3n) is 4.73. The van der Waals surface area contributed by atoms with Gasteiger partial charge >= 0.3 is 0 Å². The standard InChI is InChI=1S/C15H24N2O/c1-11(16)15(14-8-4-10-18-14)17-9-3-6-12-5-2-7-13(12)17/h4,8,10-13,15H,2-3,5-7,9,16H2,1H3. The lowest BCUT2D eigenvalue weighted by atomic mass is 9.89. The Labute approximate surface area is 109 Å². The third kappa shape index (κ3) is 2.10. The van der Waals surface area contributed by atoms with Crippen molar-refractivity contribution in [3.63, 3.8) is 0 Å². The van der Waals surface area contributed by atoms with Gasteiger partial charge in [0.1, 0.15) is 5.76 Å². The molecule has 1 aromatic heterocycles. The van der Waals surface area contributed by atoms with E-state index in [4.69, 9.17) is 10.2 Å². The van der Waals surface area contributed by atoms with Gasteiger partial charge in [0.15, 0.2) is 0 Å². The summed E-state index contributed by atoms with van der Waals surface area (Å²) in [6.07, 6.45) is 8.62. The Morgan fingerprint density at radius 3 is 2.89 bits per heavy atom. The van der Waals surface area contributed by atoms with E-state index in [-0.39, 0.29) is 12.1 Å². The molecule has 0 spiro atoms. The number of fused-ring (bicyclic) bond motifs is 1. The molecule has 1 saturated heterocycles. The summed E-state index contributed by atoms with van der Waals surface area (Å²) in [5.74, 6) is 1.94. The van der Waals surface area contributed by atoms with Gasteiger partial charge in [-0.2, -0.15) is 0 Å². The quantitative estimate of drug-likeness (QED) is 0.894. The molecular formula is C15H24N2O. The summed E-state index contributed by atoms with van der Waals surface area (Å²) in [6.45, 7) is 3.28. The minimum atomic E-state index is 0.121. The molecule has 4 atom stereocenters. The summed E-state index contributed by atoms with van der Waals surface area (Å²) in [7, 11) is 0. The fraction of sp³-hybridized carbons (Fsp3) is 0.733. The molecule has 2 fully saturated rings. The topological polar surface area (TPSA) is 42.4 Å². The van der Waals surface area contributed by atoms with Gasteiger partial charge in [0.05, 0.1) is 12.3 Å². The predicted octanol–water partition coefficient (Wildman–Crippen LogP) is 2.93. The van der Waals surface area contributed by atoms with Gasteiger partial charge in [-0.25, -0.2) is 0 Å². The number of nitrogens with zero attached hydrogens (tertiary/aromatic N) is 1. The lowest BCUT2D eigenvalue weighted by molar-refractivity contribution is 0.0470. The molecule has 0 aromatic carbocycles. The lowest BCUT2D eigenvalue weighted by Crippen LogP contribution is -2.49. The first-order chi connectivity index (χ1) is 8.77. The van der Waals surface area contributed by atoms with E-state index < -0.39 is 0 Å². The number of hydrogen-bond donors (Lipinski definition) is 1. The largest absolute Gasteiger partial charge is 0.468 e. The van der Waals surface area contributed by atoms with Crippen molar-refractivity contribution in [2.24, 2.45) is 11.7 Å². The van der Waals surface area contributed by atoms with Gasteiger partial charge in [-0.3, -0.25) is 4.90 Å². The maximum absolute atomic E-state index is 6.24. The number of likely N-dealkylation sites (tertiary alicyclic amines) is 1. The Morgan fingerprint density at radius 2 is 2.17 bits per heavy atom. The van der Waals surface area contributed by atoms with Crippen molar-refractivity contribution in [1.82, 2.24) is 4.90 Å². The third-order valence-corrected chi connectivity index (χ3v) is 4.73. The van der Waals surface area contributed by atoms with Gasteiger partial charge in [-0.1, -0.05) is 6.42 Å². The van der Waals surface area contributed by atoms with E-state index in [1.807, 2.05) is 6.07 Å². The average molecular weight is 248 g/mol. The van der Waals surface area contributed by atoms with Crippen molar-refractivity contribution in [1.29, 1.82) is 0 Å². The fourth-order valence-corrected chi connectivity index (χ4v) is 4.02. The monoisotopic (exact) mass is 248 g/mol. The zero-order valence-electron chi connectivity index (χ0n) is 11.2. The van der Waals surface area contributed by atoms with Crippen LogP contribution in [0.5, 0.6) is 0 Å². The first-order valence-electron chi connectivity index (χ1n) is 7.32. The molecule has 2 heterocycles. The molecule has 2 N–H and O–H groups in total. The SMILES string of the molecule is CC(N)C(c1ccco1)N1CCCC2CCCC21. The summed E-state index contributed by atoms with van der Waals surface area (Å²) < 4.78 is 5.64. The minimum Gasteiger partial charge on any atom is -0.468 e. The molecule has 0 bridgehead atoms. The Morgan fingerprint density at radius 1 is 1.33 bits per heavy atom. The van der Waals surface area contributed by atoms with Crippen LogP contribution in [0.2, 0.25) is 0 Å². The van der Waals surface area contributed by atoms with Crippen LogP contribution in [0.4, 0.5) is 0 Å². The van der Waals surface area contributed by atoms with Crippen LogP contribution in [0.1, 0.15) is 50.8 Å². The number of furan rings is 1. The van der Waals surface area contributed by atoms with E-state index in [9.17, 15) is 0 Å². The van der Waals surface area contributed by atoms with Crippen LogP contribution in [0.3, 0.4) is 0 Å². The van der Waals surface area contributed by atoms with Crippen LogP contribution < -0.4 is 5.73 Å². The van der Waals surface area contributed by atoms with Crippen LogP contribution in [0.25, 0.3) is 0 Å². The van der Waals surface area contributed by atoms with Gasteiger partial charge in [0, 0.05) is 12.1 Å². The number of hydrogen-bond acceptors (Lipinski definition) is 3. The Hall–Kier alpha value is -0.800. The van der Waals surface area contributed by atoms with Crippen molar-refractivity contribution >= 4 is 0 Å². The number of nitrogens with two attached hydrogens (primary N) is 1. The van der Waals surface area contributed by atoms with Gasteiger partial charge in [-0.05, 0) is 57.2 Å². The molecule has 3 heteroatoms. The van der Waals surface area contributed by atoms with Crippen molar-refractivity contribution in [2.75, 3.05) is 6.54 Å². The highest BCUT2D eigenvalue weighted by atomic mass is 16.3. The Bertz CT molecular complexity index is 374. The molecule has 1 aromatic rings. The van der Waals surface area contributed by atoms with Gasteiger partial charge < -0.3 is 10.2 Å². The summed E-state index contributed by atoms with van der Waals surface area (Å²) in [5, 5.41) is 0. The highest BCUT2D eigenvalue weighted by molar-refractivity contribution is 5.09. The van der Waals surface area contributed by atoms with E-state index in [0.29, 0.717) is 0 Å². The van der Waals surface area contributed by atoms with Crippen molar-refractivity contribution in [3.8, 4) is 0 Å². The maximum Gasteiger partial charge on any atom is 0.122 e. The maximum atomic E-state index is 6.24. The second-order valence-corrected chi connectivity index (χ2v) is 5.96. The second-order valence-electron chi connectivity index (χ2n) is 5.96. The second kappa shape index (κ2) is 5.06. The average Bonchev–Trinajstić information content (AvgIpc) is 2.98. The molecule has 3 rings (SSSR count). The summed E-state index contributed by atoms with van der Waals surface area (Å²) in [6, 6.07) is 5.16. The van der Waals surface area contributed by atoms with E-state index in [2.05, 4.69) is 17.9 Å². The minimum absolute atomic E-state index is 0.121. The van der Waals surface area contributed by atoms with Gasteiger partial charge in [-0.15, -0.1) is 0 Å². The first kappa shape index (κ1) is 12.2. The van der Waals surface area contributed by atoms with Crippen molar-refractivity contribution in [2.45, 2.75) is 57.2 Å². The van der Waals surface area contributed by atoms with Crippen LogP contribution in [0, 0.1) is 5.92 Å². The molecule has 0 amide bonds. The van der Waals surface area contributed by atoms with E-state index in [1.165, 1.54) is 38.6 Å². The molecule has 0 radical (unpaired) electrons. The zero-order valence-corrected chi connectivity index (χ0v) is 11.2. The molecule has 18 heavy (non-hydrogen) atoms. The summed E-state index contributed by atoms with van der Waals surface area (Å²) in [4.78, 5) is 2.63. The van der Waals surface area contributed by atoms with Gasteiger partial charge in [0.25, 0.3) is 0 Å². The highest BCUT2D eigenvalue weighted by Crippen LogP contribution is 2.41. The molecule has 100 valence electrons. The molecule has 1 aliphatic heterocycles. The van der Waals surface area contributed by atoms with E-state index in [1.54, 1.807) is 6.26 Å². The fourth-order valence-electron chi connectivity index (χ4n) is 4.02. The normalized spacial score (nSPS) is 32.1. The molecule has 2 aliphatic rings. The van der Waals surface area contributed by atoms with E-state index in [0.717, 1.165) is 17.7 Å². The van der Waals surface area contributed by atoms with Gasteiger partial charge in [0.2, 0.25) is 0 Å². The first-order valence-corrected chi connectivity index (χ1v) is 7.32. The van der Waals surface area contributed by atoms with Crippen LogP contribution >= 0.6 is 0 Å². The molecule has 1 aliphatic carbocycles. The lowest BCUT2D eigenvalue weighted by Gasteiger charge is -2.43. The van der Waals surface area contributed by atoms with Crippen molar-refractivity contribution < 1.29 is 4.42 Å². The predicted molar refractivity (Wildman–Crippen MR) is 72.2 cm³/mol. The summed E-state index contributed by atoms with van der Waals surface area (Å²) >= 11 is 0. The molecule has 3 nitrogen and oxygen atoms in total. The van der Waals surface area contributed by atoms with Crippen LogP contribution in [-0.4, -0.2) is 23.5 Å². The van der Waals surface area contributed by atoms with E-state index >= 15 is 0 Å². The smallest absolute Gasteiger partial charge is 0.122 e. The molecule has 4 unspecified atom stereocenters. The Balaban J connectivity index is 1.85. The molecule has 1 saturated carbocycles. The summed E-state index contributed by atoms with van der Waals surface area (Å²) in [5.41, 5.74) is 6.24. The number of piperidine rings is 1. The van der Waals surface area contributed by atoms with Crippen LogP contribution in [0.15, 0.2) is 22.8 Å². The zero-order chi connectivity index (χ0) is 12.5. The Kier molecular flexibility index (Phi) is 3.44. The van der Waals surface area contributed by atoms with Crippen LogP contribution in [-0.2, 0) is 0 Å². The number of rotatable bonds is 3. The highest BCUT2D eigenvalue weighted by Gasteiger charge is 2.40.